The molecule has 0 saturated carbocycles. The van der Waals surface area contributed by atoms with E-state index >= 15 is 0 Å². The molecule has 0 bridgehead atoms. The third-order valence-electron chi connectivity index (χ3n) is 3.99. The second-order valence-electron chi connectivity index (χ2n) is 5.83. The number of aliphatic hydroxyl groups is 3. The van der Waals surface area contributed by atoms with Gasteiger partial charge >= 0.3 is 0 Å². The number of halogens is 2. The van der Waals surface area contributed by atoms with Crippen LogP contribution in [0.5, 0.6) is 0 Å². The lowest BCUT2D eigenvalue weighted by Crippen LogP contribution is -2.55. The molecule has 1 fully saturated rings. The van der Waals surface area contributed by atoms with Crippen LogP contribution in [-0.2, 0) is 6.42 Å². The highest BCUT2D eigenvalue weighted by atomic mass is 19.1. The Kier molecular flexibility index (Phi) is 5.28. The lowest BCUT2D eigenvalue weighted by molar-refractivity contribution is -0.109. The summed E-state index contributed by atoms with van der Waals surface area (Å²) in [5.41, 5.74) is 0.978. The van der Waals surface area contributed by atoms with Crippen LogP contribution in [0.15, 0.2) is 18.7 Å². The first kappa shape index (κ1) is 17.0. The van der Waals surface area contributed by atoms with Crippen LogP contribution in [0.1, 0.15) is 18.1 Å². The van der Waals surface area contributed by atoms with E-state index in [0.717, 1.165) is 0 Å². The second kappa shape index (κ2) is 6.83. The van der Waals surface area contributed by atoms with Gasteiger partial charge in [-0.1, -0.05) is 12.2 Å². The molecule has 1 aliphatic rings. The third-order valence-corrected chi connectivity index (χ3v) is 3.99. The van der Waals surface area contributed by atoms with Gasteiger partial charge in [0.15, 0.2) is 0 Å². The summed E-state index contributed by atoms with van der Waals surface area (Å²) in [5, 5.41) is 28.7. The largest absolute Gasteiger partial charge is 0.389 e. The Bertz CT molecular complexity index is 529. The fourth-order valence-electron chi connectivity index (χ4n) is 2.62. The summed E-state index contributed by atoms with van der Waals surface area (Å²) in [6, 6.07) is 2.51. The van der Waals surface area contributed by atoms with Gasteiger partial charge in [-0.3, -0.25) is 4.90 Å². The van der Waals surface area contributed by atoms with E-state index in [1.54, 1.807) is 11.8 Å². The number of hydrogen-bond acceptors (Lipinski definition) is 4. The first-order valence-corrected chi connectivity index (χ1v) is 7.20. The van der Waals surface area contributed by atoms with Crippen molar-refractivity contribution in [3.8, 4) is 0 Å². The lowest BCUT2D eigenvalue weighted by Gasteiger charge is -2.36. The maximum absolute atomic E-state index is 14.0. The number of piperidine rings is 1. The molecular formula is C16H21F2NO3. The van der Waals surface area contributed by atoms with E-state index in [4.69, 9.17) is 0 Å². The van der Waals surface area contributed by atoms with Crippen molar-refractivity contribution in [1.82, 2.24) is 4.90 Å². The number of likely N-dealkylation sites (tertiary alicyclic amines) is 1. The minimum atomic E-state index is -1.18. The van der Waals surface area contributed by atoms with Gasteiger partial charge < -0.3 is 15.3 Å². The molecule has 0 aromatic heterocycles. The molecule has 4 nitrogen and oxygen atoms in total. The van der Waals surface area contributed by atoms with Crippen LogP contribution in [-0.4, -0.2) is 58.2 Å². The molecule has 122 valence electrons. The predicted molar refractivity (Wildman–Crippen MR) is 79.2 cm³/mol. The first-order valence-electron chi connectivity index (χ1n) is 7.20. The minimum Gasteiger partial charge on any atom is -0.389 e. The van der Waals surface area contributed by atoms with Gasteiger partial charge in [-0.15, -0.1) is 0 Å². The molecule has 3 atom stereocenters. The fourth-order valence-corrected chi connectivity index (χ4v) is 2.62. The molecule has 22 heavy (non-hydrogen) atoms. The Labute approximate surface area is 128 Å². The van der Waals surface area contributed by atoms with E-state index in [9.17, 15) is 24.1 Å². The highest BCUT2D eigenvalue weighted by Gasteiger charge is 2.33. The zero-order valence-corrected chi connectivity index (χ0v) is 12.5. The van der Waals surface area contributed by atoms with Crippen molar-refractivity contribution < 1.29 is 24.1 Å². The highest BCUT2D eigenvalue weighted by molar-refractivity contribution is 5.61. The number of hydrogen-bond donors (Lipinski definition) is 3. The minimum absolute atomic E-state index is 0.0277. The van der Waals surface area contributed by atoms with Gasteiger partial charge in [0.05, 0.1) is 12.2 Å². The van der Waals surface area contributed by atoms with Gasteiger partial charge in [-0.2, -0.15) is 0 Å². The molecule has 1 saturated heterocycles. The van der Waals surface area contributed by atoms with Gasteiger partial charge in [-0.05, 0) is 31.0 Å². The van der Waals surface area contributed by atoms with Crippen molar-refractivity contribution >= 4 is 5.57 Å². The molecule has 6 heteroatoms. The summed E-state index contributed by atoms with van der Waals surface area (Å²) in [6.07, 6.45) is -3.20. The molecular weight excluding hydrogens is 292 g/mol. The van der Waals surface area contributed by atoms with Crippen LogP contribution >= 0.6 is 0 Å². The molecule has 0 spiro atoms. The Morgan fingerprint density at radius 1 is 1.18 bits per heavy atom. The maximum atomic E-state index is 14.0. The fraction of sp³-hybridized carbons (Fsp3) is 0.500. The number of nitrogens with zero attached hydrogens (tertiary/aromatic N) is 1. The summed E-state index contributed by atoms with van der Waals surface area (Å²) in [6.45, 7) is 5.93. The number of rotatable bonds is 4. The Morgan fingerprint density at radius 3 is 2.14 bits per heavy atom. The number of allylic oxidation sites excluding steroid dienone is 1. The van der Waals surface area contributed by atoms with Crippen molar-refractivity contribution in [3.63, 3.8) is 0 Å². The van der Waals surface area contributed by atoms with Gasteiger partial charge in [0.1, 0.15) is 17.7 Å². The van der Waals surface area contributed by atoms with Gasteiger partial charge in [-0.25, -0.2) is 8.78 Å². The zero-order valence-electron chi connectivity index (χ0n) is 12.5. The molecule has 3 N–H and O–H groups in total. The molecule has 1 aliphatic heterocycles. The molecule has 0 unspecified atom stereocenters. The van der Waals surface area contributed by atoms with Gasteiger partial charge in [0.2, 0.25) is 0 Å². The molecule has 1 heterocycles. The van der Waals surface area contributed by atoms with Crippen LogP contribution in [0.2, 0.25) is 0 Å². The lowest BCUT2D eigenvalue weighted by atomic mass is 10.0. The molecule has 2 rings (SSSR count). The predicted octanol–water partition coefficient (Wildman–Crippen LogP) is 0.939. The summed E-state index contributed by atoms with van der Waals surface area (Å²) in [7, 11) is 0. The van der Waals surface area contributed by atoms with E-state index in [1.165, 1.54) is 12.1 Å². The Balaban J connectivity index is 2.04. The van der Waals surface area contributed by atoms with E-state index < -0.39 is 29.9 Å². The average Bonchev–Trinajstić information content (AvgIpc) is 2.43. The molecule has 1 aromatic carbocycles. The molecule has 0 aliphatic carbocycles. The Hall–Kier alpha value is -1.34. The van der Waals surface area contributed by atoms with E-state index in [-0.39, 0.29) is 31.6 Å². The van der Waals surface area contributed by atoms with E-state index in [1.807, 2.05) is 0 Å². The van der Waals surface area contributed by atoms with Crippen LogP contribution in [0.25, 0.3) is 5.57 Å². The average molecular weight is 313 g/mol. The molecule has 0 amide bonds. The van der Waals surface area contributed by atoms with Crippen LogP contribution in [0, 0.1) is 11.6 Å². The summed E-state index contributed by atoms with van der Waals surface area (Å²) in [5.74, 6) is -1.26. The van der Waals surface area contributed by atoms with E-state index in [0.29, 0.717) is 11.1 Å². The van der Waals surface area contributed by atoms with E-state index in [2.05, 4.69) is 6.58 Å². The second-order valence-corrected chi connectivity index (χ2v) is 5.83. The van der Waals surface area contributed by atoms with Gasteiger partial charge in [0.25, 0.3) is 0 Å². The smallest absolute Gasteiger partial charge is 0.129 e. The summed E-state index contributed by atoms with van der Waals surface area (Å²) in [4.78, 5) is 1.67. The van der Waals surface area contributed by atoms with Crippen LogP contribution < -0.4 is 0 Å². The monoisotopic (exact) mass is 313 g/mol. The number of aliphatic hydroxyl groups excluding tert-OH is 3. The van der Waals surface area contributed by atoms with Crippen molar-refractivity contribution in [2.75, 3.05) is 19.6 Å². The topological polar surface area (TPSA) is 63.9 Å². The van der Waals surface area contributed by atoms with Crippen molar-refractivity contribution in [1.29, 1.82) is 0 Å². The normalized spacial score (nSPS) is 26.2. The first-order chi connectivity index (χ1) is 10.3. The SMILES string of the molecule is C=C(C)c1cc(F)c(CCN2C[C@@H](O)[C@H](O)[C@@H](O)C2)c(F)c1. The summed E-state index contributed by atoms with van der Waals surface area (Å²) >= 11 is 0. The number of benzene rings is 1. The quantitative estimate of drug-likeness (QED) is 0.774. The van der Waals surface area contributed by atoms with Crippen LogP contribution in [0.4, 0.5) is 8.78 Å². The number of β-amino-alcohol motifs (C(OH)–C–C–N with tert-alkyl or cyclic N) is 2. The maximum Gasteiger partial charge on any atom is 0.129 e. The highest BCUT2D eigenvalue weighted by Crippen LogP contribution is 2.21. The van der Waals surface area contributed by atoms with Crippen molar-refractivity contribution in [2.24, 2.45) is 0 Å². The van der Waals surface area contributed by atoms with Crippen molar-refractivity contribution in [3.05, 3.63) is 41.5 Å². The standard InChI is InChI=1S/C16H21F2NO3/c1-9(2)10-5-12(17)11(13(18)6-10)3-4-19-7-14(20)16(22)15(21)8-19/h5-6,14-16,20-22H,1,3-4,7-8H2,2H3/t14-,15+,16+. The molecule has 1 aromatic rings. The zero-order chi connectivity index (χ0) is 16.4. The van der Waals surface area contributed by atoms with Crippen molar-refractivity contribution in [2.45, 2.75) is 31.7 Å². The summed E-state index contributed by atoms with van der Waals surface area (Å²) < 4.78 is 28.0. The van der Waals surface area contributed by atoms with Gasteiger partial charge in [0, 0.05) is 25.2 Å². The Morgan fingerprint density at radius 2 is 1.68 bits per heavy atom. The van der Waals surface area contributed by atoms with Crippen LogP contribution in [0.3, 0.4) is 0 Å². The molecule has 0 radical (unpaired) electrons. The third kappa shape index (κ3) is 3.70.